The Morgan fingerprint density at radius 1 is 1.25 bits per heavy atom. The van der Waals surface area contributed by atoms with E-state index in [1.54, 1.807) is 0 Å². The molecule has 0 aliphatic rings. The van der Waals surface area contributed by atoms with E-state index in [1.807, 2.05) is 47.0 Å². The standard InChI is InChI=1S/C15H10BrClN2O/c16-12-2-1-7-19-14(18-13(9-20)15(12)19)8-10-3-5-11(17)6-4-10/h1-7,9H,8H2. The van der Waals surface area contributed by atoms with Crippen molar-refractivity contribution in [3.8, 4) is 0 Å². The van der Waals surface area contributed by atoms with Gasteiger partial charge in [0.05, 0.1) is 5.52 Å². The molecule has 0 N–H and O–H groups in total. The predicted molar refractivity (Wildman–Crippen MR) is 82.5 cm³/mol. The molecule has 0 aliphatic heterocycles. The number of hydrogen-bond acceptors (Lipinski definition) is 2. The predicted octanol–water partition coefficient (Wildman–Crippen LogP) is 4.15. The molecule has 3 nitrogen and oxygen atoms in total. The molecule has 3 rings (SSSR count). The minimum absolute atomic E-state index is 0.446. The lowest BCUT2D eigenvalue weighted by Gasteiger charge is -2.02. The van der Waals surface area contributed by atoms with E-state index in [9.17, 15) is 4.79 Å². The topological polar surface area (TPSA) is 34.4 Å². The summed E-state index contributed by atoms with van der Waals surface area (Å²) in [4.78, 5) is 15.6. The van der Waals surface area contributed by atoms with Crippen LogP contribution in [0.2, 0.25) is 5.02 Å². The summed E-state index contributed by atoms with van der Waals surface area (Å²) in [5.41, 5.74) is 2.34. The Labute approximate surface area is 129 Å². The van der Waals surface area contributed by atoms with Gasteiger partial charge in [-0.15, -0.1) is 0 Å². The monoisotopic (exact) mass is 348 g/mol. The lowest BCUT2D eigenvalue weighted by Crippen LogP contribution is -1.96. The maximum atomic E-state index is 11.2. The molecule has 100 valence electrons. The Bertz CT molecular complexity index is 780. The number of rotatable bonds is 3. The molecule has 3 aromatic rings. The van der Waals surface area contributed by atoms with Crippen molar-refractivity contribution < 1.29 is 4.79 Å². The van der Waals surface area contributed by atoms with E-state index in [2.05, 4.69) is 20.9 Å². The maximum absolute atomic E-state index is 11.2. The molecule has 1 aromatic carbocycles. The first-order chi connectivity index (χ1) is 9.69. The number of aldehydes is 1. The molecule has 0 radical (unpaired) electrons. The van der Waals surface area contributed by atoms with Crippen LogP contribution in [0.25, 0.3) is 5.52 Å². The Morgan fingerprint density at radius 2 is 2.00 bits per heavy atom. The molecule has 0 saturated carbocycles. The lowest BCUT2D eigenvalue weighted by molar-refractivity contribution is 0.112. The Hall–Kier alpha value is -1.65. The van der Waals surface area contributed by atoms with Crippen molar-refractivity contribution in [3.05, 3.63) is 69.2 Å². The largest absolute Gasteiger partial charge is 0.302 e. The molecule has 0 amide bonds. The first-order valence-corrected chi connectivity index (χ1v) is 7.21. The first-order valence-electron chi connectivity index (χ1n) is 6.04. The van der Waals surface area contributed by atoms with Gasteiger partial charge in [-0.2, -0.15) is 0 Å². The molecule has 0 atom stereocenters. The number of hydrogen-bond donors (Lipinski definition) is 0. The van der Waals surface area contributed by atoms with Crippen LogP contribution in [0.5, 0.6) is 0 Å². The van der Waals surface area contributed by atoms with Crippen molar-refractivity contribution in [1.29, 1.82) is 0 Å². The fourth-order valence-electron chi connectivity index (χ4n) is 2.18. The lowest BCUT2D eigenvalue weighted by atomic mass is 10.1. The number of halogens is 2. The van der Waals surface area contributed by atoms with E-state index in [-0.39, 0.29) is 0 Å². The van der Waals surface area contributed by atoms with E-state index < -0.39 is 0 Å². The van der Waals surface area contributed by atoms with Crippen LogP contribution in [0.3, 0.4) is 0 Å². The van der Waals surface area contributed by atoms with Gasteiger partial charge in [0.25, 0.3) is 0 Å². The quantitative estimate of drug-likeness (QED) is 0.666. The molecular formula is C15H10BrClN2O. The van der Waals surface area contributed by atoms with Crippen LogP contribution < -0.4 is 0 Å². The number of fused-ring (bicyclic) bond motifs is 1. The second-order valence-corrected chi connectivity index (χ2v) is 5.70. The fourth-order valence-corrected chi connectivity index (χ4v) is 2.85. The third-order valence-corrected chi connectivity index (χ3v) is 3.99. The summed E-state index contributed by atoms with van der Waals surface area (Å²) < 4.78 is 2.79. The van der Waals surface area contributed by atoms with Gasteiger partial charge in [0.2, 0.25) is 0 Å². The zero-order valence-electron chi connectivity index (χ0n) is 10.4. The summed E-state index contributed by atoms with van der Waals surface area (Å²) in [5.74, 6) is 0.825. The van der Waals surface area contributed by atoms with Crippen molar-refractivity contribution in [1.82, 2.24) is 9.38 Å². The summed E-state index contributed by atoms with van der Waals surface area (Å²) in [6.45, 7) is 0. The van der Waals surface area contributed by atoms with E-state index >= 15 is 0 Å². The van der Waals surface area contributed by atoms with Gasteiger partial charge in [0.1, 0.15) is 11.5 Å². The Balaban J connectivity index is 2.10. The van der Waals surface area contributed by atoms with E-state index in [4.69, 9.17) is 11.6 Å². The molecule has 0 spiro atoms. The molecule has 0 aliphatic carbocycles. The summed E-state index contributed by atoms with van der Waals surface area (Å²) in [5, 5.41) is 0.707. The molecule has 0 unspecified atom stereocenters. The van der Waals surface area contributed by atoms with Crippen LogP contribution in [0.4, 0.5) is 0 Å². The van der Waals surface area contributed by atoms with Crippen molar-refractivity contribution in [2.75, 3.05) is 0 Å². The molecule has 0 fully saturated rings. The zero-order valence-corrected chi connectivity index (χ0v) is 12.7. The second-order valence-electron chi connectivity index (χ2n) is 4.41. The van der Waals surface area contributed by atoms with Crippen LogP contribution in [0.15, 0.2) is 47.1 Å². The highest BCUT2D eigenvalue weighted by Gasteiger charge is 2.13. The molecule has 0 bridgehead atoms. The Morgan fingerprint density at radius 3 is 2.70 bits per heavy atom. The molecule has 20 heavy (non-hydrogen) atoms. The van der Waals surface area contributed by atoms with Crippen LogP contribution in [0.1, 0.15) is 21.9 Å². The van der Waals surface area contributed by atoms with Gasteiger partial charge in [0.15, 0.2) is 6.29 Å². The smallest absolute Gasteiger partial charge is 0.170 e. The van der Waals surface area contributed by atoms with E-state index in [0.29, 0.717) is 17.1 Å². The van der Waals surface area contributed by atoms with Gasteiger partial charge in [-0.1, -0.05) is 23.7 Å². The molecule has 0 saturated heterocycles. The minimum Gasteiger partial charge on any atom is -0.302 e. The van der Waals surface area contributed by atoms with Crippen LogP contribution in [0, 0.1) is 0 Å². The first kappa shape index (κ1) is 13.3. The van der Waals surface area contributed by atoms with E-state index in [0.717, 1.165) is 27.7 Å². The van der Waals surface area contributed by atoms with Gasteiger partial charge in [-0.3, -0.25) is 4.79 Å². The van der Waals surface area contributed by atoms with E-state index in [1.165, 1.54) is 0 Å². The third-order valence-electron chi connectivity index (χ3n) is 3.10. The number of aromatic nitrogens is 2. The normalized spacial score (nSPS) is 10.9. The number of nitrogens with zero attached hydrogens (tertiary/aromatic N) is 2. The number of imidazole rings is 1. The van der Waals surface area contributed by atoms with Crippen LogP contribution in [-0.2, 0) is 6.42 Å². The summed E-state index contributed by atoms with van der Waals surface area (Å²) in [7, 11) is 0. The third kappa shape index (κ3) is 2.37. The van der Waals surface area contributed by atoms with Gasteiger partial charge in [-0.05, 0) is 45.8 Å². The van der Waals surface area contributed by atoms with Gasteiger partial charge in [0, 0.05) is 22.1 Å². The number of benzene rings is 1. The Kier molecular flexibility index (Phi) is 3.59. The average molecular weight is 350 g/mol. The van der Waals surface area contributed by atoms with Crippen molar-refractivity contribution in [3.63, 3.8) is 0 Å². The zero-order chi connectivity index (χ0) is 14.1. The SMILES string of the molecule is O=Cc1nc(Cc2ccc(Cl)cc2)n2cccc(Br)c12. The molecule has 5 heteroatoms. The highest BCUT2D eigenvalue weighted by atomic mass is 79.9. The number of carbonyl (C=O) groups excluding carboxylic acids is 1. The summed E-state index contributed by atoms with van der Waals surface area (Å²) >= 11 is 9.34. The maximum Gasteiger partial charge on any atom is 0.170 e. The molecule has 2 aromatic heterocycles. The number of pyridine rings is 1. The van der Waals surface area contributed by atoms with Crippen molar-refractivity contribution in [2.24, 2.45) is 0 Å². The van der Waals surface area contributed by atoms with Crippen molar-refractivity contribution in [2.45, 2.75) is 6.42 Å². The van der Waals surface area contributed by atoms with Gasteiger partial charge in [-0.25, -0.2) is 4.98 Å². The second kappa shape index (κ2) is 5.38. The van der Waals surface area contributed by atoms with Gasteiger partial charge >= 0.3 is 0 Å². The molecule has 2 heterocycles. The summed E-state index contributed by atoms with van der Waals surface area (Å²) in [6.07, 6.45) is 3.33. The highest BCUT2D eigenvalue weighted by molar-refractivity contribution is 9.10. The summed E-state index contributed by atoms with van der Waals surface area (Å²) in [6, 6.07) is 11.4. The van der Waals surface area contributed by atoms with Crippen LogP contribution >= 0.6 is 27.5 Å². The van der Waals surface area contributed by atoms with Gasteiger partial charge < -0.3 is 4.40 Å². The molecular weight excluding hydrogens is 340 g/mol. The fraction of sp³-hybridized carbons (Fsp3) is 0.0667. The highest BCUT2D eigenvalue weighted by Crippen LogP contribution is 2.23. The van der Waals surface area contributed by atoms with Crippen molar-refractivity contribution >= 4 is 39.3 Å². The number of carbonyl (C=O) groups is 1. The van der Waals surface area contributed by atoms with Crippen LogP contribution in [-0.4, -0.2) is 15.7 Å². The minimum atomic E-state index is 0.446. The average Bonchev–Trinajstić information content (AvgIpc) is 2.81.